The summed E-state index contributed by atoms with van der Waals surface area (Å²) in [4.78, 5) is 0. The van der Waals surface area contributed by atoms with Crippen LogP contribution in [0.3, 0.4) is 0 Å². The maximum Gasteiger partial charge on any atom is 0.135 e. The van der Waals surface area contributed by atoms with Crippen LogP contribution in [-0.4, -0.2) is 14.5 Å². The van der Waals surface area contributed by atoms with Gasteiger partial charge in [-0.05, 0) is 0 Å². The van der Waals surface area contributed by atoms with Gasteiger partial charge in [0.15, 0.2) is 0 Å². The lowest BCUT2D eigenvalue weighted by atomic mass is 11.0. The molecule has 7 heavy (non-hydrogen) atoms. The van der Waals surface area contributed by atoms with Crippen LogP contribution in [0.25, 0.3) is 0 Å². The van der Waals surface area contributed by atoms with Crippen molar-refractivity contribution in [1.82, 2.24) is 0 Å². The minimum absolute atomic E-state index is 0.115. The molecule has 0 radical (unpaired) electrons. The van der Waals surface area contributed by atoms with Gasteiger partial charge >= 0.3 is 0 Å². The molecule has 42 valence electrons. The quantitative estimate of drug-likeness (QED) is 0.555. The zero-order valence-corrected chi connectivity index (χ0v) is 7.02. The van der Waals surface area contributed by atoms with Gasteiger partial charge in [-0.25, -0.2) is 0 Å². The average molecular weight is 224 g/mol. The van der Waals surface area contributed by atoms with E-state index in [4.69, 9.17) is 34.8 Å². The van der Waals surface area contributed by atoms with Crippen LogP contribution in [0.2, 0.25) is 0 Å². The van der Waals surface area contributed by atoms with Gasteiger partial charge in [0.05, 0.1) is 10.8 Å². The molecule has 1 saturated carbocycles. The van der Waals surface area contributed by atoms with Gasteiger partial charge in [0, 0.05) is 0 Å². The first-order chi connectivity index (χ1) is 3.07. The summed E-state index contributed by atoms with van der Waals surface area (Å²) in [6.45, 7) is 0. The number of rotatable bonds is 0. The van der Waals surface area contributed by atoms with Gasteiger partial charge in [0.2, 0.25) is 0 Å². The van der Waals surface area contributed by atoms with Crippen LogP contribution < -0.4 is 0 Å². The zero-order chi connectivity index (χ0) is 5.65. The molecule has 0 unspecified atom stereocenters. The molecule has 0 bridgehead atoms. The standard InChI is InChI=1S/C3H2BrCl3/c4-3(7)1(5)2(3)6/h1-2H/t1-,2-/m1/s1. The molecule has 0 amide bonds. The molecule has 1 rings (SSSR count). The van der Waals surface area contributed by atoms with E-state index in [9.17, 15) is 0 Å². The maximum atomic E-state index is 5.59. The first-order valence-electron chi connectivity index (χ1n) is 1.73. The van der Waals surface area contributed by atoms with Gasteiger partial charge in [-0.3, -0.25) is 0 Å². The van der Waals surface area contributed by atoms with Crippen LogP contribution in [0, 0.1) is 0 Å². The van der Waals surface area contributed by atoms with Crippen molar-refractivity contribution in [3.8, 4) is 0 Å². The predicted octanol–water partition coefficient (Wildman–Crippen LogP) is 2.54. The first kappa shape index (κ1) is 6.47. The summed E-state index contributed by atoms with van der Waals surface area (Å²) in [5, 5.41) is -0.230. The topological polar surface area (TPSA) is 0 Å². The molecule has 1 aliphatic rings. The summed E-state index contributed by atoms with van der Waals surface area (Å²) < 4.78 is -0.518. The number of hydrogen-bond donors (Lipinski definition) is 0. The Labute approximate surface area is 65.2 Å². The fourth-order valence-corrected chi connectivity index (χ4v) is 1.86. The third-order valence-electron chi connectivity index (χ3n) is 0.883. The second-order valence-electron chi connectivity index (χ2n) is 1.48. The second-order valence-corrected chi connectivity index (χ2v) is 4.81. The second kappa shape index (κ2) is 1.66. The fraction of sp³-hybridized carbons (Fsp3) is 1.00. The molecule has 0 saturated heterocycles. The van der Waals surface area contributed by atoms with Crippen molar-refractivity contribution in [3.05, 3.63) is 0 Å². The Morgan fingerprint density at radius 1 is 1.29 bits per heavy atom. The van der Waals surface area contributed by atoms with Gasteiger partial charge in [0.25, 0.3) is 0 Å². The molecule has 0 aromatic rings. The normalized spacial score (nSPS) is 60.0. The van der Waals surface area contributed by atoms with Crippen LogP contribution in [0.15, 0.2) is 0 Å². The van der Waals surface area contributed by atoms with Crippen molar-refractivity contribution in [2.45, 2.75) is 14.5 Å². The summed E-state index contributed by atoms with van der Waals surface area (Å²) in [6, 6.07) is 0. The highest BCUT2D eigenvalue weighted by molar-refractivity contribution is 9.10. The number of hydrogen-bond acceptors (Lipinski definition) is 0. The van der Waals surface area contributed by atoms with E-state index in [0.717, 1.165) is 0 Å². The van der Waals surface area contributed by atoms with E-state index in [-0.39, 0.29) is 10.8 Å². The Balaban J connectivity index is 2.52. The summed E-state index contributed by atoms with van der Waals surface area (Å²) in [7, 11) is 0. The molecule has 2 atom stereocenters. The average Bonchev–Trinajstić information content (AvgIpc) is 1.91. The summed E-state index contributed by atoms with van der Waals surface area (Å²) in [6.07, 6.45) is 0. The van der Waals surface area contributed by atoms with E-state index in [2.05, 4.69) is 15.9 Å². The SMILES string of the molecule is Cl[C@@H]1[C@@H](Cl)C1(Cl)Br. The Hall–Kier alpha value is 1.35. The first-order valence-corrected chi connectivity index (χ1v) is 3.77. The molecule has 0 aromatic carbocycles. The molecule has 1 fully saturated rings. The van der Waals surface area contributed by atoms with Crippen LogP contribution in [0.1, 0.15) is 0 Å². The minimum atomic E-state index is -0.518. The Morgan fingerprint density at radius 3 is 1.43 bits per heavy atom. The zero-order valence-electron chi connectivity index (χ0n) is 3.17. The molecule has 0 aliphatic heterocycles. The predicted molar refractivity (Wildman–Crippen MR) is 36.8 cm³/mol. The van der Waals surface area contributed by atoms with Gasteiger partial charge in [-0.15, -0.1) is 34.8 Å². The van der Waals surface area contributed by atoms with Gasteiger partial charge in [-0.2, -0.15) is 0 Å². The lowest BCUT2D eigenvalue weighted by molar-refractivity contribution is 1.42. The van der Waals surface area contributed by atoms with Crippen LogP contribution in [-0.2, 0) is 0 Å². The molecule has 0 heterocycles. The third kappa shape index (κ3) is 0.893. The summed E-state index contributed by atoms with van der Waals surface area (Å²) in [5.74, 6) is 0. The highest BCUT2D eigenvalue weighted by Gasteiger charge is 2.61. The third-order valence-corrected chi connectivity index (χ3v) is 4.41. The molecule has 0 nitrogen and oxygen atoms in total. The molecular weight excluding hydrogens is 222 g/mol. The molecular formula is C3H2BrCl3. The molecule has 1 aliphatic carbocycles. The van der Waals surface area contributed by atoms with Gasteiger partial charge in [-0.1, -0.05) is 15.9 Å². The summed E-state index contributed by atoms with van der Waals surface area (Å²) in [5.41, 5.74) is 0. The lowest BCUT2D eigenvalue weighted by Crippen LogP contribution is -1.85. The number of halogens is 4. The highest BCUT2D eigenvalue weighted by atomic mass is 79.9. The van der Waals surface area contributed by atoms with E-state index >= 15 is 0 Å². The largest absolute Gasteiger partial charge is 0.135 e. The van der Waals surface area contributed by atoms with Crippen molar-refractivity contribution < 1.29 is 0 Å². The van der Waals surface area contributed by atoms with E-state index < -0.39 is 3.78 Å². The van der Waals surface area contributed by atoms with E-state index in [1.54, 1.807) is 0 Å². The maximum absolute atomic E-state index is 5.59. The molecule has 0 N–H and O–H groups in total. The van der Waals surface area contributed by atoms with E-state index in [0.29, 0.717) is 0 Å². The van der Waals surface area contributed by atoms with Gasteiger partial charge < -0.3 is 0 Å². The Kier molecular flexibility index (Phi) is 1.54. The summed E-state index contributed by atoms with van der Waals surface area (Å²) >= 11 is 19.7. The van der Waals surface area contributed by atoms with Crippen molar-refractivity contribution in [2.24, 2.45) is 0 Å². The monoisotopic (exact) mass is 222 g/mol. The Morgan fingerprint density at radius 2 is 1.43 bits per heavy atom. The van der Waals surface area contributed by atoms with Crippen molar-refractivity contribution in [2.75, 3.05) is 0 Å². The lowest BCUT2D eigenvalue weighted by Gasteiger charge is -1.85. The highest BCUT2D eigenvalue weighted by Crippen LogP contribution is 2.56. The van der Waals surface area contributed by atoms with Gasteiger partial charge in [0.1, 0.15) is 3.78 Å². The molecule has 0 aromatic heterocycles. The fourth-order valence-electron chi connectivity index (χ4n) is 0.255. The van der Waals surface area contributed by atoms with Crippen LogP contribution >= 0.6 is 50.7 Å². The Bertz CT molecular complexity index is 82.2. The van der Waals surface area contributed by atoms with Crippen molar-refractivity contribution in [1.29, 1.82) is 0 Å². The molecule has 4 heteroatoms. The van der Waals surface area contributed by atoms with Crippen LogP contribution in [0.4, 0.5) is 0 Å². The van der Waals surface area contributed by atoms with E-state index in [1.807, 2.05) is 0 Å². The molecule has 0 spiro atoms. The van der Waals surface area contributed by atoms with Crippen LogP contribution in [0.5, 0.6) is 0 Å². The number of alkyl halides is 4. The minimum Gasteiger partial charge on any atom is -0.118 e. The smallest absolute Gasteiger partial charge is 0.118 e. The van der Waals surface area contributed by atoms with Crippen molar-refractivity contribution in [3.63, 3.8) is 0 Å². The van der Waals surface area contributed by atoms with Crippen molar-refractivity contribution >= 4 is 50.7 Å². The van der Waals surface area contributed by atoms with E-state index in [1.165, 1.54) is 0 Å².